The second-order valence-corrected chi connectivity index (χ2v) is 5.91. The highest BCUT2D eigenvalue weighted by Crippen LogP contribution is 2.13. The summed E-state index contributed by atoms with van der Waals surface area (Å²) >= 11 is 0. The van der Waals surface area contributed by atoms with E-state index in [9.17, 15) is 9.59 Å². The van der Waals surface area contributed by atoms with Crippen LogP contribution >= 0.6 is 0 Å². The van der Waals surface area contributed by atoms with E-state index in [2.05, 4.69) is 17.2 Å². The van der Waals surface area contributed by atoms with Gasteiger partial charge < -0.3 is 15.0 Å². The van der Waals surface area contributed by atoms with Gasteiger partial charge in [-0.2, -0.15) is 0 Å². The predicted octanol–water partition coefficient (Wildman–Crippen LogP) is 3.11. The number of hydrogen-bond acceptors (Lipinski definition) is 3. The maximum atomic E-state index is 12.0. The summed E-state index contributed by atoms with van der Waals surface area (Å²) in [6.07, 6.45) is 4.15. The molecule has 1 aromatic carbocycles. The van der Waals surface area contributed by atoms with Crippen molar-refractivity contribution in [3.8, 4) is 5.75 Å². The van der Waals surface area contributed by atoms with Crippen molar-refractivity contribution >= 4 is 12.0 Å². The summed E-state index contributed by atoms with van der Waals surface area (Å²) in [6, 6.07) is 9.43. The second kappa shape index (κ2) is 8.87. The third kappa shape index (κ3) is 5.64. The largest absolute Gasteiger partial charge is 0.494 e. The monoisotopic (exact) mass is 340 g/mol. The average molecular weight is 340 g/mol. The van der Waals surface area contributed by atoms with Gasteiger partial charge in [0, 0.05) is 23.9 Å². The van der Waals surface area contributed by atoms with Gasteiger partial charge in [0.2, 0.25) is 5.91 Å². The van der Waals surface area contributed by atoms with Crippen molar-refractivity contribution < 1.29 is 9.53 Å². The van der Waals surface area contributed by atoms with Crippen LogP contribution in [0.5, 0.6) is 5.75 Å². The normalized spacial score (nSPS) is 10.8. The molecule has 0 saturated heterocycles. The van der Waals surface area contributed by atoms with E-state index in [1.165, 1.54) is 6.08 Å². The zero-order valence-corrected chi connectivity index (χ0v) is 14.9. The molecule has 0 bridgehead atoms. The summed E-state index contributed by atoms with van der Waals surface area (Å²) in [6.45, 7) is 6.64. The van der Waals surface area contributed by atoms with Gasteiger partial charge in [0.1, 0.15) is 5.75 Å². The third-order valence-electron chi connectivity index (χ3n) is 3.71. The van der Waals surface area contributed by atoms with Gasteiger partial charge in [0.05, 0.1) is 6.61 Å². The van der Waals surface area contributed by atoms with Crippen LogP contribution < -0.4 is 15.6 Å². The Morgan fingerprint density at radius 1 is 1.24 bits per heavy atom. The molecule has 0 aliphatic rings. The highest BCUT2D eigenvalue weighted by molar-refractivity contribution is 5.91. The summed E-state index contributed by atoms with van der Waals surface area (Å²) in [5.74, 6) is 0.572. The molecule has 5 nitrogen and oxygen atoms in total. The average Bonchev–Trinajstić information content (AvgIpc) is 2.58. The van der Waals surface area contributed by atoms with Crippen LogP contribution in [0.2, 0.25) is 0 Å². The van der Waals surface area contributed by atoms with Crippen LogP contribution in [-0.4, -0.2) is 17.5 Å². The van der Waals surface area contributed by atoms with Crippen LogP contribution in [0.25, 0.3) is 6.08 Å². The first-order chi connectivity index (χ1) is 12.0. The van der Waals surface area contributed by atoms with Crippen LogP contribution in [0.1, 0.15) is 35.7 Å². The summed E-state index contributed by atoms with van der Waals surface area (Å²) in [7, 11) is 0. The van der Waals surface area contributed by atoms with Gasteiger partial charge >= 0.3 is 0 Å². The van der Waals surface area contributed by atoms with Crippen LogP contribution in [0.15, 0.2) is 41.2 Å². The minimum atomic E-state index is -0.245. The van der Waals surface area contributed by atoms with Gasteiger partial charge in [-0.3, -0.25) is 9.59 Å². The number of ether oxygens (including phenoxy) is 1. The van der Waals surface area contributed by atoms with Crippen molar-refractivity contribution in [3.05, 3.63) is 69.1 Å². The van der Waals surface area contributed by atoms with Crippen molar-refractivity contribution in [2.24, 2.45) is 0 Å². The standard InChI is InChI=1S/C20H24N2O3/c1-4-11-25-17-8-5-16(6-9-17)7-10-19(23)21-13-18-14(2)12-15(3)22-20(18)24/h5-10,12H,4,11,13H2,1-3H3,(H,21,23)(H,22,24)/b10-7+. The second-order valence-electron chi connectivity index (χ2n) is 5.91. The molecule has 0 fully saturated rings. The Kier molecular flexibility index (Phi) is 6.57. The molecule has 0 saturated carbocycles. The molecule has 0 atom stereocenters. The van der Waals surface area contributed by atoms with E-state index < -0.39 is 0 Å². The lowest BCUT2D eigenvalue weighted by Crippen LogP contribution is -2.26. The van der Waals surface area contributed by atoms with E-state index in [0.29, 0.717) is 12.2 Å². The molecular weight excluding hydrogens is 316 g/mol. The number of carbonyl (C=O) groups excluding carboxylic acids is 1. The molecule has 132 valence electrons. The molecular formula is C20H24N2O3. The molecule has 5 heteroatoms. The van der Waals surface area contributed by atoms with Crippen molar-refractivity contribution in [2.75, 3.05) is 6.61 Å². The van der Waals surface area contributed by atoms with Crippen LogP contribution in [0, 0.1) is 13.8 Å². The first-order valence-electron chi connectivity index (χ1n) is 8.37. The van der Waals surface area contributed by atoms with E-state index >= 15 is 0 Å². The number of rotatable bonds is 7. The number of nitrogens with one attached hydrogen (secondary N) is 2. The molecule has 0 spiro atoms. The molecule has 1 heterocycles. The topological polar surface area (TPSA) is 71.2 Å². The van der Waals surface area contributed by atoms with E-state index in [0.717, 1.165) is 29.0 Å². The molecule has 2 rings (SSSR count). The quantitative estimate of drug-likeness (QED) is 0.761. The zero-order chi connectivity index (χ0) is 18.2. The Morgan fingerprint density at radius 2 is 1.96 bits per heavy atom. The summed E-state index contributed by atoms with van der Waals surface area (Å²) in [4.78, 5) is 26.6. The van der Waals surface area contributed by atoms with Gasteiger partial charge in [-0.15, -0.1) is 0 Å². The van der Waals surface area contributed by atoms with Crippen molar-refractivity contribution in [2.45, 2.75) is 33.7 Å². The first-order valence-corrected chi connectivity index (χ1v) is 8.37. The van der Waals surface area contributed by atoms with Gasteiger partial charge in [-0.1, -0.05) is 19.1 Å². The van der Waals surface area contributed by atoms with E-state index in [1.54, 1.807) is 6.08 Å². The zero-order valence-electron chi connectivity index (χ0n) is 14.9. The third-order valence-corrected chi connectivity index (χ3v) is 3.71. The first kappa shape index (κ1) is 18.5. The highest BCUT2D eigenvalue weighted by Gasteiger charge is 2.06. The Hall–Kier alpha value is -2.82. The molecule has 1 aromatic heterocycles. The smallest absolute Gasteiger partial charge is 0.253 e. The van der Waals surface area contributed by atoms with Gasteiger partial charge in [-0.25, -0.2) is 0 Å². The Balaban J connectivity index is 1.92. The fourth-order valence-corrected chi connectivity index (χ4v) is 2.40. The lowest BCUT2D eigenvalue weighted by atomic mass is 10.1. The molecule has 0 radical (unpaired) electrons. The summed E-state index contributed by atoms with van der Waals surface area (Å²) in [5, 5.41) is 2.74. The lowest BCUT2D eigenvalue weighted by molar-refractivity contribution is -0.116. The van der Waals surface area contributed by atoms with E-state index in [4.69, 9.17) is 4.74 Å². The number of benzene rings is 1. The molecule has 1 amide bonds. The summed E-state index contributed by atoms with van der Waals surface area (Å²) < 4.78 is 5.52. The molecule has 0 aliphatic carbocycles. The van der Waals surface area contributed by atoms with Gasteiger partial charge in [0.25, 0.3) is 5.56 Å². The molecule has 25 heavy (non-hydrogen) atoms. The molecule has 2 N–H and O–H groups in total. The molecule has 0 unspecified atom stereocenters. The fraction of sp³-hybridized carbons (Fsp3) is 0.300. The maximum absolute atomic E-state index is 12.0. The maximum Gasteiger partial charge on any atom is 0.253 e. The number of H-pyrrole nitrogens is 1. The number of aromatic amines is 1. The Bertz CT molecular complexity index is 805. The molecule has 0 aliphatic heterocycles. The highest BCUT2D eigenvalue weighted by atomic mass is 16.5. The van der Waals surface area contributed by atoms with Crippen molar-refractivity contribution in [1.29, 1.82) is 0 Å². The lowest BCUT2D eigenvalue weighted by Gasteiger charge is -2.06. The minimum absolute atomic E-state index is 0.163. The van der Waals surface area contributed by atoms with Gasteiger partial charge in [-0.05, 0) is 55.7 Å². The number of amides is 1. The van der Waals surface area contributed by atoms with Crippen LogP contribution in [0.3, 0.4) is 0 Å². The van der Waals surface area contributed by atoms with Crippen LogP contribution in [0.4, 0.5) is 0 Å². The predicted molar refractivity (Wildman–Crippen MR) is 99.6 cm³/mol. The van der Waals surface area contributed by atoms with Gasteiger partial charge in [0.15, 0.2) is 0 Å². The number of carbonyl (C=O) groups is 1. The van der Waals surface area contributed by atoms with E-state index in [-0.39, 0.29) is 18.0 Å². The van der Waals surface area contributed by atoms with Crippen molar-refractivity contribution in [1.82, 2.24) is 10.3 Å². The number of pyridine rings is 1. The Labute approximate surface area is 147 Å². The van der Waals surface area contributed by atoms with Crippen molar-refractivity contribution in [3.63, 3.8) is 0 Å². The SMILES string of the molecule is CCCOc1ccc(/C=C/C(=O)NCc2c(C)cc(C)[nH]c2=O)cc1. The van der Waals surface area contributed by atoms with Crippen LogP contribution in [-0.2, 0) is 11.3 Å². The van der Waals surface area contributed by atoms with E-state index in [1.807, 2.05) is 44.2 Å². The Morgan fingerprint density at radius 3 is 2.60 bits per heavy atom. The summed E-state index contributed by atoms with van der Waals surface area (Å²) in [5.41, 5.74) is 3.00. The molecule has 2 aromatic rings. The number of hydrogen-bond donors (Lipinski definition) is 2. The number of aromatic nitrogens is 1. The number of aryl methyl sites for hydroxylation is 2. The fourth-order valence-electron chi connectivity index (χ4n) is 2.40. The minimum Gasteiger partial charge on any atom is -0.494 e.